The molecule has 0 unspecified atom stereocenters. The van der Waals surface area contributed by atoms with Crippen molar-refractivity contribution in [2.45, 2.75) is 4.90 Å². The predicted molar refractivity (Wildman–Crippen MR) is 92.6 cm³/mol. The van der Waals surface area contributed by atoms with Crippen LogP contribution in [0.15, 0.2) is 53.4 Å². The molecule has 0 aliphatic heterocycles. The number of nitrogens with zero attached hydrogens (tertiary/aromatic N) is 2. The van der Waals surface area contributed by atoms with E-state index in [2.05, 4.69) is 0 Å². The first-order valence-corrected chi connectivity index (χ1v) is 8.82. The second-order valence-electron chi connectivity index (χ2n) is 5.37. The van der Waals surface area contributed by atoms with Gasteiger partial charge in [0.05, 0.1) is 18.6 Å². The second kappa shape index (κ2) is 7.62. The standard InChI is InChI=1S/C17H19FN2O4S/c1-19(25(22,23)16-10-4-13(18)5-11-16)12-17(21)20(2)14-6-8-15(24-3)9-7-14/h4-11H,12H2,1-3H3. The van der Waals surface area contributed by atoms with Crippen molar-refractivity contribution in [2.24, 2.45) is 0 Å². The van der Waals surface area contributed by atoms with Gasteiger partial charge >= 0.3 is 0 Å². The van der Waals surface area contributed by atoms with Crippen LogP contribution in [0.3, 0.4) is 0 Å². The number of carbonyl (C=O) groups is 1. The first-order valence-electron chi connectivity index (χ1n) is 7.38. The fourth-order valence-electron chi connectivity index (χ4n) is 2.12. The van der Waals surface area contributed by atoms with Crippen molar-refractivity contribution in [2.75, 3.05) is 32.6 Å². The Labute approximate surface area is 146 Å². The minimum absolute atomic E-state index is 0.0729. The van der Waals surface area contributed by atoms with Crippen molar-refractivity contribution >= 4 is 21.6 Å². The average molecular weight is 366 g/mol. The third-order valence-electron chi connectivity index (χ3n) is 3.71. The van der Waals surface area contributed by atoms with Crippen molar-refractivity contribution in [3.05, 3.63) is 54.3 Å². The van der Waals surface area contributed by atoms with Gasteiger partial charge in [-0.15, -0.1) is 0 Å². The maximum Gasteiger partial charge on any atom is 0.243 e. The largest absolute Gasteiger partial charge is 0.497 e. The number of likely N-dealkylation sites (N-methyl/N-ethyl adjacent to an activating group) is 2. The topological polar surface area (TPSA) is 66.9 Å². The van der Waals surface area contributed by atoms with Gasteiger partial charge in [0.15, 0.2) is 0 Å². The minimum Gasteiger partial charge on any atom is -0.497 e. The number of hydrogen-bond acceptors (Lipinski definition) is 4. The lowest BCUT2D eigenvalue weighted by Gasteiger charge is -2.22. The van der Waals surface area contributed by atoms with Gasteiger partial charge in [-0.3, -0.25) is 4.79 Å². The summed E-state index contributed by atoms with van der Waals surface area (Å²) in [7, 11) is 0.525. The van der Waals surface area contributed by atoms with Crippen LogP contribution in [0, 0.1) is 5.82 Å². The van der Waals surface area contributed by atoms with Gasteiger partial charge in [0.2, 0.25) is 15.9 Å². The van der Waals surface area contributed by atoms with Crippen molar-refractivity contribution in [3.8, 4) is 5.75 Å². The van der Waals surface area contributed by atoms with E-state index in [1.54, 1.807) is 38.4 Å². The Balaban J connectivity index is 2.11. The second-order valence-corrected chi connectivity index (χ2v) is 7.41. The van der Waals surface area contributed by atoms with Crippen LogP contribution in [0.4, 0.5) is 10.1 Å². The number of hydrogen-bond donors (Lipinski definition) is 0. The molecule has 0 aromatic heterocycles. The molecule has 0 fully saturated rings. The van der Waals surface area contributed by atoms with Gasteiger partial charge in [0.1, 0.15) is 11.6 Å². The summed E-state index contributed by atoms with van der Waals surface area (Å²) >= 11 is 0. The number of methoxy groups -OCH3 is 1. The lowest BCUT2D eigenvalue weighted by atomic mass is 10.3. The highest BCUT2D eigenvalue weighted by molar-refractivity contribution is 7.89. The fourth-order valence-corrected chi connectivity index (χ4v) is 3.24. The number of anilines is 1. The Morgan fingerprint density at radius 2 is 1.60 bits per heavy atom. The number of carbonyl (C=O) groups excluding carboxylic acids is 1. The van der Waals surface area contributed by atoms with Crippen LogP contribution >= 0.6 is 0 Å². The summed E-state index contributed by atoms with van der Waals surface area (Å²) in [5.41, 5.74) is 0.610. The molecule has 0 bridgehead atoms. The quantitative estimate of drug-likeness (QED) is 0.785. The van der Waals surface area contributed by atoms with Crippen LogP contribution in [0.1, 0.15) is 0 Å². The Morgan fingerprint density at radius 3 is 2.12 bits per heavy atom. The molecular weight excluding hydrogens is 347 g/mol. The highest BCUT2D eigenvalue weighted by atomic mass is 32.2. The number of halogens is 1. The lowest BCUT2D eigenvalue weighted by molar-refractivity contribution is -0.118. The zero-order valence-corrected chi connectivity index (χ0v) is 15.0. The van der Waals surface area contributed by atoms with Crippen LogP contribution in [-0.4, -0.2) is 46.4 Å². The Kier molecular flexibility index (Phi) is 5.76. The van der Waals surface area contributed by atoms with E-state index < -0.39 is 21.7 Å². The van der Waals surface area contributed by atoms with Crippen LogP contribution in [-0.2, 0) is 14.8 Å². The maximum atomic E-state index is 13.0. The van der Waals surface area contributed by atoms with E-state index in [1.165, 1.54) is 24.1 Å². The monoisotopic (exact) mass is 366 g/mol. The number of benzene rings is 2. The molecular formula is C17H19FN2O4S. The van der Waals surface area contributed by atoms with E-state index in [0.29, 0.717) is 11.4 Å². The van der Waals surface area contributed by atoms with E-state index in [0.717, 1.165) is 16.4 Å². The zero-order valence-electron chi connectivity index (χ0n) is 14.1. The molecule has 1 amide bonds. The number of ether oxygens (including phenoxy) is 1. The number of amides is 1. The molecule has 0 saturated heterocycles. The summed E-state index contributed by atoms with van der Waals surface area (Å²) in [6.07, 6.45) is 0. The fraction of sp³-hybridized carbons (Fsp3) is 0.235. The van der Waals surface area contributed by atoms with Crippen LogP contribution in [0.25, 0.3) is 0 Å². The summed E-state index contributed by atoms with van der Waals surface area (Å²) in [5.74, 6) is -0.282. The molecule has 8 heteroatoms. The van der Waals surface area contributed by atoms with Crippen molar-refractivity contribution in [1.82, 2.24) is 4.31 Å². The molecule has 25 heavy (non-hydrogen) atoms. The van der Waals surface area contributed by atoms with Crippen molar-refractivity contribution in [3.63, 3.8) is 0 Å². The SMILES string of the molecule is COc1ccc(N(C)C(=O)CN(C)S(=O)(=O)c2ccc(F)cc2)cc1. The van der Waals surface area contributed by atoms with Crippen molar-refractivity contribution in [1.29, 1.82) is 0 Å². The number of sulfonamides is 1. The summed E-state index contributed by atoms with van der Waals surface area (Å²) in [6.45, 7) is -0.345. The molecule has 2 rings (SSSR count). The molecule has 0 spiro atoms. The molecule has 2 aromatic carbocycles. The first-order chi connectivity index (χ1) is 11.8. The Morgan fingerprint density at radius 1 is 1.04 bits per heavy atom. The molecule has 0 aliphatic carbocycles. The molecule has 134 valence electrons. The predicted octanol–water partition coefficient (Wildman–Crippen LogP) is 2.12. The van der Waals surface area contributed by atoms with Crippen LogP contribution < -0.4 is 9.64 Å². The van der Waals surface area contributed by atoms with Crippen molar-refractivity contribution < 1.29 is 22.3 Å². The molecule has 0 aliphatic rings. The molecule has 0 N–H and O–H groups in total. The van der Waals surface area contributed by atoms with E-state index in [1.807, 2.05) is 0 Å². The summed E-state index contributed by atoms with van der Waals surface area (Å²) in [6, 6.07) is 11.3. The Bertz CT molecular complexity index is 836. The van der Waals surface area contributed by atoms with Gasteiger partial charge in [-0.2, -0.15) is 4.31 Å². The van der Waals surface area contributed by atoms with Gasteiger partial charge < -0.3 is 9.64 Å². The first kappa shape index (κ1) is 18.9. The minimum atomic E-state index is -3.88. The van der Waals surface area contributed by atoms with E-state index in [-0.39, 0.29) is 11.4 Å². The van der Waals surface area contributed by atoms with E-state index in [4.69, 9.17) is 4.74 Å². The number of rotatable bonds is 6. The zero-order chi connectivity index (χ0) is 18.6. The van der Waals surface area contributed by atoms with Gasteiger partial charge in [-0.05, 0) is 48.5 Å². The highest BCUT2D eigenvalue weighted by Gasteiger charge is 2.24. The third-order valence-corrected chi connectivity index (χ3v) is 5.53. The van der Waals surface area contributed by atoms with Crippen LogP contribution in [0.2, 0.25) is 0 Å². The third kappa shape index (κ3) is 4.34. The summed E-state index contributed by atoms with van der Waals surface area (Å²) in [4.78, 5) is 13.7. The maximum absolute atomic E-state index is 13.0. The smallest absolute Gasteiger partial charge is 0.243 e. The average Bonchev–Trinajstić information content (AvgIpc) is 2.61. The lowest BCUT2D eigenvalue weighted by Crippen LogP contribution is -2.39. The molecule has 0 saturated carbocycles. The van der Waals surface area contributed by atoms with Crippen LogP contribution in [0.5, 0.6) is 5.75 Å². The Hall–Kier alpha value is -2.45. The molecule has 6 nitrogen and oxygen atoms in total. The molecule has 0 atom stereocenters. The van der Waals surface area contributed by atoms with Gasteiger partial charge in [0, 0.05) is 19.8 Å². The summed E-state index contributed by atoms with van der Waals surface area (Å²) < 4.78 is 43.8. The molecule has 0 radical (unpaired) electrons. The van der Waals surface area contributed by atoms with E-state index in [9.17, 15) is 17.6 Å². The van der Waals surface area contributed by atoms with Gasteiger partial charge in [0.25, 0.3) is 0 Å². The molecule has 0 heterocycles. The van der Waals surface area contributed by atoms with Gasteiger partial charge in [-0.25, -0.2) is 12.8 Å². The van der Waals surface area contributed by atoms with Gasteiger partial charge in [-0.1, -0.05) is 0 Å². The molecule has 2 aromatic rings. The summed E-state index contributed by atoms with van der Waals surface area (Å²) in [5, 5.41) is 0. The highest BCUT2D eigenvalue weighted by Crippen LogP contribution is 2.19. The van der Waals surface area contributed by atoms with E-state index >= 15 is 0 Å². The normalized spacial score (nSPS) is 11.4.